The van der Waals surface area contributed by atoms with E-state index in [4.69, 9.17) is 14.2 Å². The Morgan fingerprint density at radius 2 is 0.667 bits per heavy atom. The molecule has 0 bridgehead atoms. The summed E-state index contributed by atoms with van der Waals surface area (Å²) in [5.74, 6) is -0.952. The van der Waals surface area contributed by atoms with Crippen molar-refractivity contribution in [2.24, 2.45) is 0 Å². The molecule has 60 heavy (non-hydrogen) atoms. The topological polar surface area (TPSA) is 78.9 Å². The van der Waals surface area contributed by atoms with Crippen LogP contribution in [0, 0.1) is 0 Å². The molecule has 0 saturated carbocycles. The summed E-state index contributed by atoms with van der Waals surface area (Å²) in [7, 11) is 0. The minimum absolute atomic E-state index is 0.0958. The van der Waals surface area contributed by atoms with Gasteiger partial charge in [-0.05, 0) is 109 Å². The van der Waals surface area contributed by atoms with Crippen LogP contribution in [-0.4, -0.2) is 37.2 Å². The fraction of sp³-hybridized carbons (Fsp3) is 0.685. The number of carbonyl (C=O) groups is 3. The SMILES string of the molecule is CC/C=C\C/C=C\C/C=C\C/C=C\C/C=C\CCCCCC(=O)OC[C@@H](COC(=O)CCCCCCC/C=C\CCCC)OC(=O)CCCCCCC/C=C\CCCCC. The maximum Gasteiger partial charge on any atom is 0.306 e. The number of carbonyl (C=O) groups excluding carboxylic acids is 3. The lowest BCUT2D eigenvalue weighted by molar-refractivity contribution is -0.167. The van der Waals surface area contributed by atoms with Crippen LogP contribution in [0.2, 0.25) is 0 Å². The summed E-state index contributed by atoms with van der Waals surface area (Å²) >= 11 is 0. The summed E-state index contributed by atoms with van der Waals surface area (Å²) in [5, 5.41) is 0. The first-order chi connectivity index (χ1) is 29.5. The molecule has 0 heterocycles. The van der Waals surface area contributed by atoms with Gasteiger partial charge in [-0.2, -0.15) is 0 Å². The molecule has 6 nitrogen and oxygen atoms in total. The molecule has 0 unspecified atom stereocenters. The largest absolute Gasteiger partial charge is 0.462 e. The first-order valence-corrected chi connectivity index (χ1v) is 24.6. The first kappa shape index (κ1) is 56.6. The molecule has 342 valence electrons. The van der Waals surface area contributed by atoms with Crippen molar-refractivity contribution in [2.45, 2.75) is 226 Å². The highest BCUT2D eigenvalue weighted by Gasteiger charge is 2.19. The maximum absolute atomic E-state index is 12.7. The zero-order valence-electron chi connectivity index (χ0n) is 38.9. The first-order valence-electron chi connectivity index (χ1n) is 24.6. The molecular formula is C54H90O6. The van der Waals surface area contributed by atoms with Crippen LogP contribution >= 0.6 is 0 Å². The number of unbranched alkanes of at least 4 members (excludes halogenated alkanes) is 18. The molecule has 1 atom stereocenters. The van der Waals surface area contributed by atoms with E-state index in [1.165, 1.54) is 57.8 Å². The van der Waals surface area contributed by atoms with Crippen LogP contribution in [-0.2, 0) is 28.6 Å². The molecule has 0 aliphatic carbocycles. The van der Waals surface area contributed by atoms with Crippen LogP contribution in [0.3, 0.4) is 0 Å². The summed E-state index contributed by atoms with van der Waals surface area (Å²) in [6.07, 6.45) is 61.3. The van der Waals surface area contributed by atoms with Crippen molar-refractivity contribution in [3.63, 3.8) is 0 Å². The lowest BCUT2D eigenvalue weighted by Gasteiger charge is -2.18. The van der Waals surface area contributed by atoms with E-state index >= 15 is 0 Å². The number of hydrogen-bond acceptors (Lipinski definition) is 6. The molecule has 0 rings (SSSR count). The summed E-state index contributed by atoms with van der Waals surface area (Å²) < 4.78 is 16.7. The van der Waals surface area contributed by atoms with E-state index in [9.17, 15) is 14.4 Å². The van der Waals surface area contributed by atoms with Gasteiger partial charge in [0.2, 0.25) is 0 Å². The molecule has 0 fully saturated rings. The Hall–Kier alpha value is -3.41. The van der Waals surface area contributed by atoms with Crippen LogP contribution < -0.4 is 0 Å². The van der Waals surface area contributed by atoms with Crippen LogP contribution in [0.4, 0.5) is 0 Å². The van der Waals surface area contributed by atoms with Gasteiger partial charge in [-0.15, -0.1) is 0 Å². The van der Waals surface area contributed by atoms with E-state index in [0.29, 0.717) is 19.3 Å². The van der Waals surface area contributed by atoms with Crippen molar-refractivity contribution < 1.29 is 28.6 Å². The van der Waals surface area contributed by atoms with Gasteiger partial charge in [0.15, 0.2) is 6.10 Å². The Bertz CT molecular complexity index is 1190. The highest BCUT2D eigenvalue weighted by Crippen LogP contribution is 2.13. The van der Waals surface area contributed by atoms with Crippen LogP contribution in [0.1, 0.15) is 220 Å². The monoisotopic (exact) mass is 835 g/mol. The molecule has 0 spiro atoms. The van der Waals surface area contributed by atoms with Gasteiger partial charge in [-0.1, -0.05) is 176 Å². The van der Waals surface area contributed by atoms with Crippen molar-refractivity contribution in [1.29, 1.82) is 0 Å². The van der Waals surface area contributed by atoms with Crippen molar-refractivity contribution in [2.75, 3.05) is 13.2 Å². The zero-order chi connectivity index (χ0) is 43.7. The van der Waals surface area contributed by atoms with E-state index in [2.05, 4.69) is 106 Å². The molecule has 0 radical (unpaired) electrons. The van der Waals surface area contributed by atoms with E-state index in [-0.39, 0.29) is 31.1 Å². The standard InChI is InChI=1S/C54H90O6/c1-4-7-10-13-16-19-22-24-25-26-27-28-29-30-33-35-38-41-44-47-53(56)59-50-51(49-58-52(55)46-43-40-37-34-31-21-18-15-12-9-6-3)60-54(57)48-45-42-39-36-32-23-20-17-14-11-8-5-2/h7,10,15-20,24-25,27-28,30,33,51H,4-6,8-9,11-14,21-23,26,29,31-32,34-50H2,1-3H3/b10-7-,18-15-,19-16-,20-17-,25-24-,28-27-,33-30-/t51-/m1/s1. The minimum Gasteiger partial charge on any atom is -0.462 e. The average molecular weight is 835 g/mol. The number of hydrogen-bond donors (Lipinski definition) is 0. The van der Waals surface area contributed by atoms with Gasteiger partial charge in [0.25, 0.3) is 0 Å². The molecule has 6 heteroatoms. The fourth-order valence-electron chi connectivity index (χ4n) is 6.38. The molecule has 0 aliphatic rings. The smallest absolute Gasteiger partial charge is 0.306 e. The van der Waals surface area contributed by atoms with Gasteiger partial charge in [0.05, 0.1) is 0 Å². The number of rotatable bonds is 43. The molecule has 0 aromatic carbocycles. The summed E-state index contributed by atoms with van der Waals surface area (Å²) in [5.41, 5.74) is 0. The zero-order valence-corrected chi connectivity index (χ0v) is 38.9. The molecule has 0 aliphatic heterocycles. The second-order valence-electron chi connectivity index (χ2n) is 16.0. The lowest BCUT2D eigenvalue weighted by atomic mass is 10.1. The number of allylic oxidation sites excluding steroid dienone is 14. The third-order valence-corrected chi connectivity index (χ3v) is 10.1. The summed E-state index contributed by atoms with van der Waals surface area (Å²) in [6.45, 7) is 6.40. The third-order valence-electron chi connectivity index (χ3n) is 10.1. The Morgan fingerprint density at radius 1 is 0.350 bits per heavy atom. The molecule has 0 amide bonds. The normalized spacial score (nSPS) is 12.8. The Labute approximate surface area is 369 Å². The molecule has 0 aromatic heterocycles. The quantitative estimate of drug-likeness (QED) is 0.0263. The maximum atomic E-state index is 12.7. The molecule has 0 N–H and O–H groups in total. The van der Waals surface area contributed by atoms with E-state index in [0.717, 1.165) is 122 Å². The summed E-state index contributed by atoms with van der Waals surface area (Å²) in [6, 6.07) is 0. The van der Waals surface area contributed by atoms with Crippen molar-refractivity contribution in [1.82, 2.24) is 0 Å². The Balaban J connectivity index is 4.44. The number of ether oxygens (including phenoxy) is 3. The van der Waals surface area contributed by atoms with E-state index < -0.39 is 6.10 Å². The van der Waals surface area contributed by atoms with Gasteiger partial charge in [-0.3, -0.25) is 14.4 Å². The fourth-order valence-corrected chi connectivity index (χ4v) is 6.38. The molecule has 0 aromatic rings. The van der Waals surface area contributed by atoms with Crippen LogP contribution in [0.25, 0.3) is 0 Å². The second-order valence-corrected chi connectivity index (χ2v) is 16.0. The van der Waals surface area contributed by atoms with Crippen LogP contribution in [0.15, 0.2) is 85.1 Å². The molecular weight excluding hydrogens is 745 g/mol. The van der Waals surface area contributed by atoms with Gasteiger partial charge in [0.1, 0.15) is 13.2 Å². The predicted octanol–water partition coefficient (Wildman–Crippen LogP) is 16.0. The van der Waals surface area contributed by atoms with Gasteiger partial charge in [0, 0.05) is 19.3 Å². The van der Waals surface area contributed by atoms with E-state index in [1.54, 1.807) is 0 Å². The van der Waals surface area contributed by atoms with Gasteiger partial charge >= 0.3 is 17.9 Å². The summed E-state index contributed by atoms with van der Waals surface area (Å²) in [4.78, 5) is 37.8. The highest BCUT2D eigenvalue weighted by molar-refractivity contribution is 5.71. The van der Waals surface area contributed by atoms with Crippen molar-refractivity contribution in [3.8, 4) is 0 Å². The highest BCUT2D eigenvalue weighted by atomic mass is 16.6. The van der Waals surface area contributed by atoms with Crippen molar-refractivity contribution >= 4 is 17.9 Å². The van der Waals surface area contributed by atoms with Gasteiger partial charge < -0.3 is 14.2 Å². The predicted molar refractivity (Wildman–Crippen MR) is 256 cm³/mol. The Morgan fingerprint density at radius 3 is 1.10 bits per heavy atom. The average Bonchev–Trinajstić information content (AvgIpc) is 3.24. The Kier molecular flexibility index (Phi) is 45.5. The van der Waals surface area contributed by atoms with E-state index in [1.807, 2.05) is 0 Å². The van der Waals surface area contributed by atoms with Crippen LogP contribution in [0.5, 0.6) is 0 Å². The lowest BCUT2D eigenvalue weighted by Crippen LogP contribution is -2.30. The third kappa shape index (κ3) is 45.7. The molecule has 0 saturated heterocycles. The van der Waals surface area contributed by atoms with Gasteiger partial charge in [-0.25, -0.2) is 0 Å². The second kappa shape index (κ2) is 48.3. The number of esters is 3. The van der Waals surface area contributed by atoms with Crippen molar-refractivity contribution in [3.05, 3.63) is 85.1 Å². The minimum atomic E-state index is -0.796.